The number of hydrogen-bond donors (Lipinski definition) is 1. The summed E-state index contributed by atoms with van der Waals surface area (Å²) in [6.45, 7) is 1.93. The number of aryl methyl sites for hydroxylation is 1. The molecule has 0 saturated carbocycles. The van der Waals surface area contributed by atoms with Crippen molar-refractivity contribution in [3.8, 4) is 11.5 Å². The molecule has 0 bridgehead atoms. The molecule has 0 spiro atoms. The quantitative estimate of drug-likeness (QED) is 0.635. The van der Waals surface area contributed by atoms with Crippen molar-refractivity contribution in [2.75, 3.05) is 19.1 Å². The van der Waals surface area contributed by atoms with Crippen LogP contribution in [0, 0.1) is 6.92 Å². The Labute approximate surface area is 162 Å². The summed E-state index contributed by atoms with van der Waals surface area (Å²) >= 11 is 11.6. The summed E-state index contributed by atoms with van der Waals surface area (Å²) in [5, 5.41) is 3.69. The summed E-state index contributed by atoms with van der Waals surface area (Å²) in [6.07, 6.45) is 1.68. The van der Waals surface area contributed by atoms with E-state index < -0.39 is 0 Å². The number of carbonyl (C=O) groups excluding carboxylic acids is 1. The van der Waals surface area contributed by atoms with Crippen molar-refractivity contribution in [3.05, 3.63) is 58.2 Å². The molecule has 134 valence electrons. The first-order chi connectivity index (χ1) is 12.5. The molecule has 0 radical (unpaired) electrons. The number of anilines is 1. The molecule has 0 aliphatic carbocycles. The van der Waals surface area contributed by atoms with Gasteiger partial charge in [0.1, 0.15) is 5.70 Å². The maximum absolute atomic E-state index is 12.9. The van der Waals surface area contributed by atoms with Gasteiger partial charge in [0.05, 0.1) is 24.9 Å². The van der Waals surface area contributed by atoms with E-state index >= 15 is 0 Å². The van der Waals surface area contributed by atoms with E-state index in [0.717, 1.165) is 11.3 Å². The number of carbonyl (C=O) groups is 1. The maximum Gasteiger partial charge on any atom is 0.281 e. The monoisotopic (exact) mass is 388 g/mol. The number of amides is 1. The predicted molar refractivity (Wildman–Crippen MR) is 107 cm³/mol. The lowest BCUT2D eigenvalue weighted by atomic mass is 10.1. The number of para-hydroxylation sites is 1. The Morgan fingerprint density at radius 3 is 2.58 bits per heavy atom. The lowest BCUT2D eigenvalue weighted by Crippen LogP contribution is -2.30. The van der Waals surface area contributed by atoms with Gasteiger partial charge in [0.15, 0.2) is 16.6 Å². The highest BCUT2D eigenvalue weighted by Gasteiger charge is 2.32. The molecule has 1 saturated heterocycles. The van der Waals surface area contributed by atoms with E-state index in [1.54, 1.807) is 18.2 Å². The molecule has 2 aromatic rings. The number of hydrogen-bond acceptors (Lipinski definition) is 4. The molecule has 1 aliphatic heterocycles. The minimum atomic E-state index is -0.227. The smallest absolute Gasteiger partial charge is 0.281 e. The fraction of sp³-hybridized carbons (Fsp3) is 0.158. The van der Waals surface area contributed by atoms with Crippen molar-refractivity contribution < 1.29 is 14.3 Å². The van der Waals surface area contributed by atoms with Gasteiger partial charge in [-0.25, -0.2) is 0 Å². The summed E-state index contributed by atoms with van der Waals surface area (Å²) in [4.78, 5) is 14.3. The second-order valence-electron chi connectivity index (χ2n) is 5.65. The molecule has 0 aromatic heterocycles. The number of ether oxygens (including phenoxy) is 2. The molecule has 7 heteroatoms. The summed E-state index contributed by atoms with van der Waals surface area (Å²) < 4.78 is 10.5. The van der Waals surface area contributed by atoms with E-state index in [4.69, 9.17) is 33.3 Å². The standard InChI is InChI=1S/C19H17ClN2O3S/c1-11-6-4-5-7-15(11)22-18(23)14(21-19(22)26)9-12-8-13(20)17(25-3)16(10-12)24-2/h4-10H,1-3H3,(H,21,26)/b14-9-. The summed E-state index contributed by atoms with van der Waals surface area (Å²) in [5.74, 6) is 0.699. The number of methoxy groups -OCH3 is 2. The Morgan fingerprint density at radius 1 is 1.19 bits per heavy atom. The van der Waals surface area contributed by atoms with Crippen molar-refractivity contribution in [2.24, 2.45) is 0 Å². The van der Waals surface area contributed by atoms with Crippen LogP contribution < -0.4 is 19.7 Å². The molecule has 1 heterocycles. The normalized spacial score (nSPS) is 15.4. The van der Waals surface area contributed by atoms with Crippen molar-refractivity contribution in [2.45, 2.75) is 6.92 Å². The van der Waals surface area contributed by atoms with Crippen molar-refractivity contribution >= 4 is 46.6 Å². The van der Waals surface area contributed by atoms with Gasteiger partial charge in [-0.05, 0) is 54.5 Å². The number of benzene rings is 2. The van der Waals surface area contributed by atoms with Crippen molar-refractivity contribution in [3.63, 3.8) is 0 Å². The lowest BCUT2D eigenvalue weighted by Gasteiger charge is -2.16. The Balaban J connectivity index is 1.99. The van der Waals surface area contributed by atoms with E-state index in [9.17, 15) is 4.79 Å². The van der Waals surface area contributed by atoms with Crippen LogP contribution in [0.25, 0.3) is 6.08 Å². The fourth-order valence-corrected chi connectivity index (χ4v) is 3.34. The molecule has 3 rings (SSSR count). The largest absolute Gasteiger partial charge is 0.493 e. The number of thiocarbonyl (C=S) groups is 1. The first-order valence-electron chi connectivity index (χ1n) is 7.80. The number of nitrogens with zero attached hydrogens (tertiary/aromatic N) is 1. The van der Waals surface area contributed by atoms with Gasteiger partial charge in [-0.15, -0.1) is 0 Å². The second-order valence-corrected chi connectivity index (χ2v) is 6.45. The zero-order valence-corrected chi connectivity index (χ0v) is 16.1. The fourth-order valence-electron chi connectivity index (χ4n) is 2.76. The number of rotatable bonds is 4. The molecular weight excluding hydrogens is 372 g/mol. The van der Waals surface area contributed by atoms with Crippen LogP contribution in [0.2, 0.25) is 5.02 Å². The maximum atomic E-state index is 12.9. The highest BCUT2D eigenvalue weighted by atomic mass is 35.5. The average molecular weight is 389 g/mol. The Bertz CT molecular complexity index is 927. The number of halogens is 1. The third-order valence-electron chi connectivity index (χ3n) is 4.00. The van der Waals surface area contributed by atoms with Crippen LogP contribution >= 0.6 is 23.8 Å². The van der Waals surface area contributed by atoms with Gasteiger partial charge in [0, 0.05) is 0 Å². The Morgan fingerprint density at radius 2 is 1.92 bits per heavy atom. The molecule has 1 aliphatic rings. The van der Waals surface area contributed by atoms with Crippen molar-refractivity contribution in [1.29, 1.82) is 0 Å². The zero-order valence-electron chi connectivity index (χ0n) is 14.5. The van der Waals surface area contributed by atoms with Crippen LogP contribution in [-0.2, 0) is 4.79 Å². The first kappa shape index (κ1) is 18.2. The molecule has 2 aromatic carbocycles. The van der Waals surface area contributed by atoms with Crippen LogP contribution in [0.5, 0.6) is 11.5 Å². The van der Waals surface area contributed by atoms with Crippen LogP contribution in [0.4, 0.5) is 5.69 Å². The van der Waals surface area contributed by atoms with E-state index in [1.165, 1.54) is 19.1 Å². The van der Waals surface area contributed by atoms with E-state index in [1.807, 2.05) is 31.2 Å². The Kier molecular flexibility index (Phi) is 5.15. The molecule has 1 fully saturated rings. The van der Waals surface area contributed by atoms with Gasteiger partial charge in [-0.3, -0.25) is 9.69 Å². The number of nitrogens with one attached hydrogen (secondary N) is 1. The molecule has 1 amide bonds. The summed E-state index contributed by atoms with van der Waals surface area (Å²) in [5.41, 5.74) is 2.77. The topological polar surface area (TPSA) is 50.8 Å². The summed E-state index contributed by atoms with van der Waals surface area (Å²) in [7, 11) is 3.04. The molecular formula is C19H17ClN2O3S. The van der Waals surface area contributed by atoms with Gasteiger partial charge < -0.3 is 14.8 Å². The van der Waals surface area contributed by atoms with Crippen LogP contribution in [0.3, 0.4) is 0 Å². The van der Waals surface area contributed by atoms with Gasteiger partial charge in [-0.1, -0.05) is 29.8 Å². The summed E-state index contributed by atoms with van der Waals surface area (Å²) in [6, 6.07) is 11.0. The van der Waals surface area contributed by atoms with E-state index in [0.29, 0.717) is 32.9 Å². The zero-order chi connectivity index (χ0) is 18.8. The molecule has 5 nitrogen and oxygen atoms in total. The van der Waals surface area contributed by atoms with Crippen molar-refractivity contribution in [1.82, 2.24) is 5.32 Å². The first-order valence-corrected chi connectivity index (χ1v) is 8.59. The third kappa shape index (κ3) is 3.25. The third-order valence-corrected chi connectivity index (χ3v) is 4.57. The van der Waals surface area contributed by atoms with Gasteiger partial charge >= 0.3 is 0 Å². The minimum Gasteiger partial charge on any atom is -0.493 e. The van der Waals surface area contributed by atoms with Crippen LogP contribution in [0.1, 0.15) is 11.1 Å². The average Bonchev–Trinajstić information content (AvgIpc) is 2.88. The predicted octanol–water partition coefficient (Wildman–Crippen LogP) is 3.93. The molecule has 26 heavy (non-hydrogen) atoms. The molecule has 0 atom stereocenters. The highest BCUT2D eigenvalue weighted by Crippen LogP contribution is 2.37. The van der Waals surface area contributed by atoms with Gasteiger partial charge in [-0.2, -0.15) is 0 Å². The highest BCUT2D eigenvalue weighted by molar-refractivity contribution is 7.80. The van der Waals surface area contributed by atoms with E-state index in [2.05, 4.69) is 5.32 Å². The Hall–Kier alpha value is -2.57. The van der Waals surface area contributed by atoms with Crippen LogP contribution in [0.15, 0.2) is 42.1 Å². The van der Waals surface area contributed by atoms with Crippen LogP contribution in [-0.4, -0.2) is 25.2 Å². The lowest BCUT2D eigenvalue weighted by molar-refractivity contribution is -0.113. The van der Waals surface area contributed by atoms with Gasteiger partial charge in [0.2, 0.25) is 0 Å². The SMILES string of the molecule is COc1cc(/C=C2\NC(=S)N(c3ccccc3C)C2=O)cc(Cl)c1OC. The molecule has 0 unspecified atom stereocenters. The van der Waals surface area contributed by atoms with Gasteiger partial charge in [0.25, 0.3) is 5.91 Å². The minimum absolute atomic E-state index is 0.227. The second kappa shape index (κ2) is 7.35. The van der Waals surface area contributed by atoms with E-state index in [-0.39, 0.29) is 5.91 Å². The molecule has 1 N–H and O–H groups in total.